The highest BCUT2D eigenvalue weighted by Gasteiger charge is 2.30. The van der Waals surface area contributed by atoms with Crippen LogP contribution in [0.5, 0.6) is 5.75 Å². The van der Waals surface area contributed by atoms with Crippen LogP contribution in [-0.2, 0) is 6.61 Å². The Morgan fingerprint density at radius 2 is 1.62 bits per heavy atom. The molecule has 0 saturated carbocycles. The molecule has 2 heterocycles. The Bertz CT molecular complexity index is 1270. The van der Waals surface area contributed by atoms with Crippen molar-refractivity contribution in [2.75, 3.05) is 0 Å². The molecular formula is C23H17N5O3S. The smallest absolute Gasteiger partial charge is 0.269 e. The molecule has 8 nitrogen and oxygen atoms in total. The molecule has 5 rings (SSSR count). The van der Waals surface area contributed by atoms with Crippen LogP contribution < -0.4 is 4.74 Å². The van der Waals surface area contributed by atoms with Crippen LogP contribution in [0.25, 0.3) is 0 Å². The van der Waals surface area contributed by atoms with Crippen molar-refractivity contribution < 1.29 is 9.66 Å². The summed E-state index contributed by atoms with van der Waals surface area (Å²) >= 11 is 1.50. The molecule has 0 aliphatic carbocycles. The number of non-ortho nitro benzene ring substituents is 1. The quantitative estimate of drug-likeness (QED) is 0.312. The third-order valence-electron chi connectivity index (χ3n) is 4.94. The fourth-order valence-electron chi connectivity index (χ4n) is 3.36. The Morgan fingerprint density at radius 3 is 2.31 bits per heavy atom. The van der Waals surface area contributed by atoms with Crippen molar-refractivity contribution in [3.63, 3.8) is 0 Å². The molecule has 0 bridgehead atoms. The normalized spacial score (nSPS) is 15.0. The molecule has 0 radical (unpaired) electrons. The molecule has 0 N–H and O–H groups in total. The first kappa shape index (κ1) is 20.0. The van der Waals surface area contributed by atoms with Gasteiger partial charge in [0.25, 0.3) is 5.69 Å². The molecule has 0 saturated heterocycles. The minimum Gasteiger partial charge on any atom is -0.486 e. The molecule has 9 heteroatoms. The van der Waals surface area contributed by atoms with E-state index >= 15 is 0 Å². The summed E-state index contributed by atoms with van der Waals surface area (Å²) < 4.78 is 7.54. The van der Waals surface area contributed by atoms with Gasteiger partial charge in [0.2, 0.25) is 5.16 Å². The van der Waals surface area contributed by atoms with Gasteiger partial charge in [-0.3, -0.25) is 10.1 Å². The van der Waals surface area contributed by atoms with Crippen LogP contribution in [0.1, 0.15) is 22.2 Å². The van der Waals surface area contributed by atoms with Crippen LogP contribution >= 0.6 is 11.8 Å². The van der Waals surface area contributed by atoms with E-state index in [-0.39, 0.29) is 17.5 Å². The van der Waals surface area contributed by atoms with Gasteiger partial charge in [-0.25, -0.2) is 0 Å². The minimum atomic E-state index is -0.403. The van der Waals surface area contributed by atoms with Crippen molar-refractivity contribution in [2.24, 2.45) is 5.10 Å². The molecule has 0 unspecified atom stereocenters. The number of hydrogen-bond acceptors (Lipinski definition) is 7. The number of aromatic nitrogens is 3. The van der Waals surface area contributed by atoms with E-state index in [4.69, 9.17) is 9.84 Å². The Kier molecular flexibility index (Phi) is 5.39. The lowest BCUT2D eigenvalue weighted by Gasteiger charge is -2.23. The Hall–Kier alpha value is -3.98. The number of fused-ring (bicyclic) bond motifs is 1. The second kappa shape index (κ2) is 8.64. The molecule has 158 valence electrons. The first-order valence-electron chi connectivity index (χ1n) is 9.86. The maximum absolute atomic E-state index is 11.0. The van der Waals surface area contributed by atoms with Crippen LogP contribution in [0.4, 0.5) is 5.69 Å². The maximum atomic E-state index is 11.0. The zero-order chi connectivity index (χ0) is 21.9. The summed E-state index contributed by atoms with van der Waals surface area (Å²) in [5, 5.41) is 25.0. The second-order valence-corrected chi connectivity index (χ2v) is 8.08. The molecule has 1 atom stereocenters. The van der Waals surface area contributed by atoms with Crippen molar-refractivity contribution in [3.05, 3.63) is 112 Å². The lowest BCUT2D eigenvalue weighted by atomic mass is 10.0. The highest BCUT2D eigenvalue weighted by Crippen LogP contribution is 2.41. The monoisotopic (exact) mass is 443 g/mol. The Morgan fingerprint density at radius 1 is 0.938 bits per heavy atom. The van der Waals surface area contributed by atoms with Crippen LogP contribution in [0, 0.1) is 10.1 Å². The summed E-state index contributed by atoms with van der Waals surface area (Å²) in [6.07, 6.45) is 0. The first-order valence-corrected chi connectivity index (χ1v) is 10.7. The standard InChI is InChI=1S/C23H17N5O3S/c29-28(30)18-13-11-17(12-14-18)22-21(16-7-3-1-4-8-16)26-27-20(24-25-23(27)32-22)15-31-19-9-5-2-6-10-19/h1-14,22H,15H2/t22-/m0/s1. The van der Waals surface area contributed by atoms with Gasteiger partial charge in [0.15, 0.2) is 5.82 Å². The number of nitro groups is 1. The number of para-hydroxylation sites is 1. The topological polar surface area (TPSA) is 95.4 Å². The zero-order valence-electron chi connectivity index (χ0n) is 16.7. The van der Waals surface area contributed by atoms with E-state index in [1.54, 1.807) is 16.8 Å². The van der Waals surface area contributed by atoms with Crippen LogP contribution in [0.2, 0.25) is 0 Å². The van der Waals surface area contributed by atoms with Crippen LogP contribution in [0.15, 0.2) is 95.2 Å². The fourth-order valence-corrected chi connectivity index (χ4v) is 4.49. The maximum Gasteiger partial charge on any atom is 0.269 e. The molecule has 1 aliphatic heterocycles. The van der Waals surface area contributed by atoms with Gasteiger partial charge >= 0.3 is 0 Å². The molecule has 0 amide bonds. The van der Waals surface area contributed by atoms with Gasteiger partial charge < -0.3 is 4.74 Å². The van der Waals surface area contributed by atoms with Gasteiger partial charge in [0.05, 0.1) is 15.9 Å². The van der Waals surface area contributed by atoms with Gasteiger partial charge in [-0.15, -0.1) is 10.2 Å². The summed E-state index contributed by atoms with van der Waals surface area (Å²) in [6.45, 7) is 0.228. The predicted molar refractivity (Wildman–Crippen MR) is 121 cm³/mol. The van der Waals surface area contributed by atoms with Crippen molar-refractivity contribution >= 4 is 23.2 Å². The predicted octanol–water partition coefficient (Wildman–Crippen LogP) is 4.86. The molecule has 4 aromatic rings. The van der Waals surface area contributed by atoms with Crippen molar-refractivity contribution in [1.29, 1.82) is 0 Å². The first-order chi connectivity index (χ1) is 15.7. The lowest BCUT2D eigenvalue weighted by molar-refractivity contribution is -0.384. The largest absolute Gasteiger partial charge is 0.486 e. The molecule has 0 spiro atoms. The van der Waals surface area contributed by atoms with Gasteiger partial charge in [0.1, 0.15) is 12.4 Å². The van der Waals surface area contributed by atoms with Gasteiger partial charge in [-0.1, -0.05) is 72.4 Å². The number of ether oxygens (including phenoxy) is 1. The molecule has 32 heavy (non-hydrogen) atoms. The van der Waals surface area contributed by atoms with Crippen LogP contribution in [0.3, 0.4) is 0 Å². The number of benzene rings is 3. The summed E-state index contributed by atoms with van der Waals surface area (Å²) in [6, 6.07) is 25.9. The minimum absolute atomic E-state index is 0.0521. The molecule has 1 aromatic heterocycles. The third kappa shape index (κ3) is 3.97. The van der Waals surface area contributed by atoms with E-state index in [0.29, 0.717) is 11.0 Å². The van der Waals surface area contributed by atoms with Gasteiger partial charge in [0, 0.05) is 12.1 Å². The third-order valence-corrected chi connectivity index (χ3v) is 6.14. The summed E-state index contributed by atoms with van der Waals surface area (Å²) in [5.41, 5.74) is 2.73. The van der Waals surface area contributed by atoms with Crippen molar-refractivity contribution in [2.45, 2.75) is 17.0 Å². The van der Waals surface area contributed by atoms with E-state index in [1.807, 2.05) is 60.7 Å². The zero-order valence-corrected chi connectivity index (χ0v) is 17.6. The number of nitro benzene ring substituents is 1. The van der Waals surface area contributed by atoms with Gasteiger partial charge in [-0.2, -0.15) is 9.78 Å². The SMILES string of the molecule is O=[N+]([O-])c1ccc([C@@H]2Sc3nnc(COc4ccccc4)n3N=C2c2ccccc2)cc1. The average Bonchev–Trinajstić information content (AvgIpc) is 3.25. The van der Waals surface area contributed by atoms with Gasteiger partial charge in [-0.05, 0) is 23.3 Å². The molecule has 1 aliphatic rings. The Labute approximate surface area is 187 Å². The second-order valence-electron chi connectivity index (χ2n) is 7.01. The van der Waals surface area contributed by atoms with E-state index in [2.05, 4.69) is 10.2 Å². The number of nitrogens with zero attached hydrogens (tertiary/aromatic N) is 5. The molecule has 3 aromatic carbocycles. The van der Waals surface area contributed by atoms with E-state index in [9.17, 15) is 10.1 Å². The fraction of sp³-hybridized carbons (Fsp3) is 0.0870. The summed E-state index contributed by atoms with van der Waals surface area (Å²) in [5.74, 6) is 1.33. The van der Waals surface area contributed by atoms with E-state index in [0.717, 1.165) is 22.6 Å². The highest BCUT2D eigenvalue weighted by molar-refractivity contribution is 8.00. The number of hydrogen-bond donors (Lipinski definition) is 0. The molecular weight excluding hydrogens is 426 g/mol. The van der Waals surface area contributed by atoms with Crippen molar-refractivity contribution in [3.8, 4) is 5.75 Å². The number of thioether (sulfide) groups is 1. The molecule has 0 fully saturated rings. The lowest BCUT2D eigenvalue weighted by Crippen LogP contribution is -2.19. The Balaban J connectivity index is 1.50. The van der Waals surface area contributed by atoms with Crippen LogP contribution in [-0.4, -0.2) is 25.5 Å². The summed E-state index contributed by atoms with van der Waals surface area (Å²) in [7, 11) is 0. The van der Waals surface area contributed by atoms with Crippen molar-refractivity contribution in [1.82, 2.24) is 14.9 Å². The number of rotatable bonds is 6. The highest BCUT2D eigenvalue weighted by atomic mass is 32.2. The summed E-state index contributed by atoms with van der Waals surface area (Å²) in [4.78, 5) is 10.6. The van der Waals surface area contributed by atoms with E-state index < -0.39 is 4.92 Å². The van der Waals surface area contributed by atoms with E-state index in [1.165, 1.54) is 23.9 Å². The average molecular weight is 443 g/mol.